The largest absolute Gasteiger partial charge is 0.484 e. The molecule has 8 nitrogen and oxygen atoms in total. The van der Waals surface area contributed by atoms with Crippen LogP contribution in [0.5, 0.6) is 5.75 Å². The Hall–Kier alpha value is -2.81. The van der Waals surface area contributed by atoms with Gasteiger partial charge in [-0.15, -0.1) is 0 Å². The number of nitrogens with one attached hydrogen (secondary N) is 3. The summed E-state index contributed by atoms with van der Waals surface area (Å²) in [6.07, 6.45) is 3.61. The minimum absolute atomic E-state index is 0.00334. The number of halogens is 2. The van der Waals surface area contributed by atoms with Crippen LogP contribution in [0, 0.1) is 17.7 Å². The molecule has 2 amide bonds. The lowest BCUT2D eigenvalue weighted by atomic mass is 9.60. The van der Waals surface area contributed by atoms with Crippen molar-refractivity contribution >= 4 is 29.2 Å². The number of hydrogen-bond acceptors (Lipinski definition) is 5. The van der Waals surface area contributed by atoms with Crippen LogP contribution < -0.4 is 20.7 Å². The van der Waals surface area contributed by atoms with Crippen molar-refractivity contribution in [3.05, 3.63) is 40.8 Å². The number of benzene rings is 1. The fraction of sp³-hybridized carbons (Fsp3) is 0.500. The fourth-order valence-corrected chi connectivity index (χ4v) is 4.99. The Labute approximate surface area is 189 Å². The zero-order valence-corrected chi connectivity index (χ0v) is 18.2. The van der Waals surface area contributed by atoms with Crippen molar-refractivity contribution in [2.24, 2.45) is 11.8 Å². The summed E-state index contributed by atoms with van der Waals surface area (Å²) in [4.78, 5) is 25.2. The van der Waals surface area contributed by atoms with Gasteiger partial charge in [-0.2, -0.15) is 5.10 Å². The Morgan fingerprint density at radius 3 is 2.72 bits per heavy atom. The van der Waals surface area contributed by atoms with Crippen molar-refractivity contribution in [3.8, 4) is 5.75 Å². The number of nitrogens with zero attached hydrogens (tertiary/aromatic N) is 2. The number of hydrogen-bond donors (Lipinski definition) is 3. The molecule has 4 aliphatic rings. The van der Waals surface area contributed by atoms with E-state index in [9.17, 15) is 14.0 Å². The minimum Gasteiger partial charge on any atom is -0.484 e. The van der Waals surface area contributed by atoms with Gasteiger partial charge < -0.3 is 20.7 Å². The summed E-state index contributed by atoms with van der Waals surface area (Å²) >= 11 is 5.66. The van der Waals surface area contributed by atoms with Crippen molar-refractivity contribution in [3.63, 3.8) is 0 Å². The van der Waals surface area contributed by atoms with Crippen LogP contribution >= 0.6 is 11.6 Å². The smallest absolute Gasteiger partial charge is 0.272 e. The predicted octanol–water partition coefficient (Wildman–Crippen LogP) is 2.58. The number of aryl methyl sites for hydroxylation is 1. The lowest BCUT2D eigenvalue weighted by Gasteiger charge is -2.51. The third-order valence-electron chi connectivity index (χ3n) is 6.65. The monoisotopic (exact) mass is 461 g/mol. The molecular formula is C22H25ClFN5O3. The minimum atomic E-state index is -0.592. The van der Waals surface area contributed by atoms with Gasteiger partial charge in [0.1, 0.15) is 17.4 Å². The van der Waals surface area contributed by atoms with Gasteiger partial charge in [0.05, 0.1) is 5.02 Å². The average Bonchev–Trinajstić information content (AvgIpc) is 3.18. The van der Waals surface area contributed by atoms with Crippen LogP contribution in [0.3, 0.4) is 0 Å². The van der Waals surface area contributed by atoms with Crippen LogP contribution in [0.1, 0.15) is 36.2 Å². The summed E-state index contributed by atoms with van der Waals surface area (Å²) in [5.41, 5.74) is 0.417. The summed E-state index contributed by atoms with van der Waals surface area (Å²) < 4.78 is 20.7. The van der Waals surface area contributed by atoms with Crippen molar-refractivity contribution in [2.45, 2.75) is 44.3 Å². The van der Waals surface area contributed by atoms with Gasteiger partial charge in [-0.25, -0.2) is 9.07 Å². The first-order chi connectivity index (χ1) is 15.5. The molecule has 3 N–H and O–H groups in total. The van der Waals surface area contributed by atoms with Crippen LogP contribution in [0.4, 0.5) is 10.2 Å². The van der Waals surface area contributed by atoms with E-state index in [4.69, 9.17) is 16.3 Å². The molecule has 0 radical (unpaired) electrons. The van der Waals surface area contributed by atoms with Crippen LogP contribution in [0.15, 0.2) is 24.3 Å². The van der Waals surface area contributed by atoms with Crippen LogP contribution in [0.2, 0.25) is 5.02 Å². The number of amides is 2. The van der Waals surface area contributed by atoms with Crippen LogP contribution in [-0.4, -0.2) is 46.8 Å². The van der Waals surface area contributed by atoms with Crippen LogP contribution in [-0.2, 0) is 11.3 Å². The summed E-state index contributed by atoms with van der Waals surface area (Å²) in [6, 6.07) is 5.82. The summed E-state index contributed by atoms with van der Waals surface area (Å²) in [5.74, 6) is 0.923. The van der Waals surface area contributed by atoms with Gasteiger partial charge in [-0.1, -0.05) is 11.6 Å². The maximum absolute atomic E-state index is 13.5. The molecule has 170 valence electrons. The van der Waals surface area contributed by atoms with Gasteiger partial charge in [-0.05, 0) is 49.7 Å². The molecule has 1 aliphatic heterocycles. The van der Waals surface area contributed by atoms with Gasteiger partial charge in [0, 0.05) is 37.3 Å². The molecule has 2 atom stereocenters. The maximum Gasteiger partial charge on any atom is 0.272 e. The lowest BCUT2D eigenvalue weighted by Crippen LogP contribution is -2.60. The zero-order valence-electron chi connectivity index (χ0n) is 17.4. The molecule has 3 saturated carbocycles. The normalized spacial score (nSPS) is 25.7. The second-order valence-electron chi connectivity index (χ2n) is 8.76. The van der Waals surface area contributed by atoms with Crippen molar-refractivity contribution in [1.82, 2.24) is 20.4 Å². The molecule has 3 fully saturated rings. The second kappa shape index (κ2) is 8.61. The first kappa shape index (κ1) is 21.1. The van der Waals surface area contributed by atoms with E-state index in [1.165, 1.54) is 12.1 Å². The summed E-state index contributed by atoms with van der Waals surface area (Å²) in [7, 11) is 0. The Morgan fingerprint density at radius 2 is 1.97 bits per heavy atom. The number of ether oxygens (including phenoxy) is 1. The molecule has 2 aromatic rings. The zero-order chi connectivity index (χ0) is 22.2. The fourth-order valence-electron chi connectivity index (χ4n) is 4.87. The quantitative estimate of drug-likeness (QED) is 0.614. The first-order valence-electron chi connectivity index (χ1n) is 11.0. The summed E-state index contributed by atoms with van der Waals surface area (Å²) in [6.45, 7) is 1.48. The van der Waals surface area contributed by atoms with E-state index in [1.807, 2.05) is 4.68 Å². The van der Waals surface area contributed by atoms with Gasteiger partial charge in [-0.3, -0.25) is 9.59 Å². The van der Waals surface area contributed by atoms with Crippen molar-refractivity contribution < 1.29 is 18.7 Å². The van der Waals surface area contributed by atoms with E-state index in [1.54, 1.807) is 6.07 Å². The van der Waals surface area contributed by atoms with Gasteiger partial charge >= 0.3 is 0 Å². The summed E-state index contributed by atoms with van der Waals surface area (Å²) in [5, 5.41) is 13.8. The van der Waals surface area contributed by atoms with Gasteiger partial charge in [0.25, 0.3) is 11.8 Å². The van der Waals surface area contributed by atoms with Crippen molar-refractivity contribution in [2.75, 3.05) is 18.5 Å². The molecule has 3 aliphatic carbocycles. The highest BCUT2D eigenvalue weighted by atomic mass is 35.5. The molecule has 10 heteroatoms. The topological polar surface area (TPSA) is 97.3 Å². The predicted molar refractivity (Wildman–Crippen MR) is 116 cm³/mol. The Morgan fingerprint density at radius 1 is 1.19 bits per heavy atom. The molecule has 0 saturated heterocycles. The highest BCUT2D eigenvalue weighted by Gasteiger charge is 2.47. The van der Waals surface area contributed by atoms with Crippen molar-refractivity contribution in [1.29, 1.82) is 0 Å². The molecule has 2 bridgehead atoms. The average molecular weight is 462 g/mol. The van der Waals surface area contributed by atoms with Gasteiger partial charge in [0.15, 0.2) is 12.3 Å². The Kier molecular flexibility index (Phi) is 5.67. The number of carbonyl (C=O) groups excluding carboxylic acids is 2. The molecule has 2 heterocycles. The Balaban J connectivity index is 1.14. The first-order valence-corrected chi connectivity index (χ1v) is 11.3. The number of carbonyl (C=O) groups is 2. The SMILES string of the molecule is O=C(COc1ccc(Cl)c(F)c1)N[C@H]1CC(NC(=O)c2cc3n(n2)CCCN3)C2CC1C2. The Bertz CT molecular complexity index is 1020. The number of anilines is 1. The lowest BCUT2D eigenvalue weighted by molar-refractivity contribution is -0.125. The molecular weight excluding hydrogens is 437 g/mol. The molecule has 6 rings (SSSR count). The third-order valence-corrected chi connectivity index (χ3v) is 6.95. The highest BCUT2D eigenvalue weighted by Crippen LogP contribution is 2.45. The molecule has 32 heavy (non-hydrogen) atoms. The second-order valence-corrected chi connectivity index (χ2v) is 9.17. The van der Waals surface area contributed by atoms with E-state index >= 15 is 0 Å². The number of rotatable bonds is 6. The molecule has 1 aromatic heterocycles. The molecule has 1 aromatic carbocycles. The van der Waals surface area contributed by atoms with E-state index in [2.05, 4.69) is 21.0 Å². The van der Waals surface area contributed by atoms with E-state index < -0.39 is 5.82 Å². The molecule has 1 unspecified atom stereocenters. The van der Waals surface area contributed by atoms with E-state index in [0.29, 0.717) is 24.0 Å². The third kappa shape index (κ3) is 4.26. The molecule has 0 spiro atoms. The number of aromatic nitrogens is 2. The standard InChI is InChI=1S/C22H25ClFN5O3/c23-15-3-2-14(8-16(15)24)32-11-21(30)26-17-9-18(13-6-12(17)7-13)27-22(31)19-10-20-25-4-1-5-29(20)28-19/h2-3,8,10,12-13,17-18,25H,1,4-7,9,11H2,(H,26,30)(H,27,31)/t12?,13?,17-,18?/m0/s1. The maximum atomic E-state index is 13.5. The van der Waals surface area contributed by atoms with Gasteiger partial charge in [0.2, 0.25) is 0 Å². The van der Waals surface area contributed by atoms with E-state index in [0.717, 1.165) is 44.2 Å². The van der Waals surface area contributed by atoms with E-state index in [-0.39, 0.29) is 41.3 Å². The van der Waals surface area contributed by atoms with Crippen LogP contribution in [0.25, 0.3) is 0 Å². The number of fused-ring (bicyclic) bond motifs is 3. The highest BCUT2D eigenvalue weighted by molar-refractivity contribution is 6.30.